The molecule has 4 heteroatoms. The van der Waals surface area contributed by atoms with E-state index in [4.69, 9.17) is 0 Å². The van der Waals surface area contributed by atoms with Crippen molar-refractivity contribution in [3.05, 3.63) is 40.5 Å². The Hall–Kier alpha value is -1.42. The number of para-hydroxylation sites is 1. The summed E-state index contributed by atoms with van der Waals surface area (Å²) in [5.41, 5.74) is 1.02. The van der Waals surface area contributed by atoms with Crippen molar-refractivity contribution in [3.63, 3.8) is 0 Å². The molecule has 0 bridgehead atoms. The number of rotatable bonds is 3. The molecule has 0 saturated heterocycles. The molecule has 0 aliphatic rings. The van der Waals surface area contributed by atoms with Gasteiger partial charge in [0.05, 0.1) is 10.9 Å². The first-order chi connectivity index (χ1) is 8.40. The van der Waals surface area contributed by atoms with E-state index in [1.54, 1.807) is 13.8 Å². The second-order valence-corrected chi connectivity index (χ2v) is 5.75. The van der Waals surface area contributed by atoms with Gasteiger partial charge in [-0.1, -0.05) is 18.2 Å². The number of hydrogen-bond acceptors (Lipinski definition) is 2. The highest BCUT2D eigenvalue weighted by Gasteiger charge is 2.28. The molecule has 0 spiro atoms. The predicted octanol–water partition coefficient (Wildman–Crippen LogP) is 3.65. The van der Waals surface area contributed by atoms with E-state index in [1.807, 2.05) is 30.3 Å². The van der Waals surface area contributed by atoms with E-state index in [9.17, 15) is 9.90 Å². The third-order valence-electron chi connectivity index (χ3n) is 2.96. The summed E-state index contributed by atoms with van der Waals surface area (Å²) in [6.45, 7) is 3.44. The first-order valence-corrected chi connectivity index (χ1v) is 6.47. The summed E-state index contributed by atoms with van der Waals surface area (Å²) in [4.78, 5) is 15.6. The molecule has 1 heterocycles. The molecule has 1 aromatic carbocycles. The summed E-state index contributed by atoms with van der Waals surface area (Å²) in [7, 11) is 0. The number of pyridine rings is 1. The summed E-state index contributed by atoms with van der Waals surface area (Å²) in [5, 5.41) is 10.2. The second kappa shape index (κ2) is 4.69. The Morgan fingerprint density at radius 1 is 1.39 bits per heavy atom. The fourth-order valence-electron chi connectivity index (χ4n) is 1.81. The monoisotopic (exact) mass is 307 g/mol. The van der Waals surface area contributed by atoms with Crippen molar-refractivity contribution in [3.8, 4) is 0 Å². The van der Waals surface area contributed by atoms with Crippen LogP contribution in [-0.4, -0.2) is 16.1 Å². The highest BCUT2D eigenvalue weighted by Crippen LogP contribution is 2.28. The molecule has 0 unspecified atom stereocenters. The van der Waals surface area contributed by atoms with E-state index in [-0.39, 0.29) is 0 Å². The quantitative estimate of drug-likeness (QED) is 0.881. The first kappa shape index (κ1) is 13.0. The number of aromatic nitrogens is 1. The molecule has 0 amide bonds. The number of carbonyl (C=O) groups is 1. The van der Waals surface area contributed by atoms with Gasteiger partial charge in [-0.25, -0.2) is 4.98 Å². The Labute approximate surface area is 114 Å². The van der Waals surface area contributed by atoms with Gasteiger partial charge in [0.15, 0.2) is 0 Å². The molecule has 2 aromatic rings. The fraction of sp³-hybridized carbons (Fsp3) is 0.286. The molecule has 94 valence electrons. The summed E-state index contributed by atoms with van der Waals surface area (Å²) < 4.78 is 0.718. The van der Waals surface area contributed by atoms with Crippen LogP contribution < -0.4 is 0 Å². The van der Waals surface area contributed by atoms with Gasteiger partial charge in [-0.2, -0.15) is 0 Å². The number of carboxylic acids is 1. The summed E-state index contributed by atoms with van der Waals surface area (Å²) in [6.07, 6.45) is 0.445. The van der Waals surface area contributed by atoms with Gasteiger partial charge in [0.25, 0.3) is 0 Å². The second-order valence-electron chi connectivity index (χ2n) is 5.00. The Morgan fingerprint density at radius 2 is 2.06 bits per heavy atom. The maximum atomic E-state index is 11.2. The topological polar surface area (TPSA) is 50.2 Å². The maximum absolute atomic E-state index is 11.2. The van der Waals surface area contributed by atoms with Crippen LogP contribution in [0.5, 0.6) is 0 Å². The van der Waals surface area contributed by atoms with E-state index < -0.39 is 11.4 Å². The number of nitrogens with zero attached hydrogens (tertiary/aromatic N) is 1. The molecule has 0 fully saturated rings. The molecule has 1 N–H and O–H groups in total. The molecule has 3 nitrogen and oxygen atoms in total. The molecule has 1 aromatic heterocycles. The number of fused-ring (bicyclic) bond motifs is 1. The van der Waals surface area contributed by atoms with Crippen molar-refractivity contribution in [2.75, 3.05) is 0 Å². The van der Waals surface area contributed by atoms with Gasteiger partial charge in [0.1, 0.15) is 4.60 Å². The standard InChI is InChI=1S/C14H14BrNO2/c1-14(2,13(17)18)8-10-7-9-5-3-4-6-11(9)16-12(10)15/h3-7H,8H2,1-2H3,(H,17,18). The van der Waals surface area contributed by atoms with Crippen LogP contribution >= 0.6 is 15.9 Å². The van der Waals surface area contributed by atoms with Crippen molar-refractivity contribution in [2.24, 2.45) is 5.41 Å². The van der Waals surface area contributed by atoms with Crippen LogP contribution in [0, 0.1) is 5.41 Å². The maximum Gasteiger partial charge on any atom is 0.309 e. The molecular weight excluding hydrogens is 294 g/mol. The molecule has 0 saturated carbocycles. The van der Waals surface area contributed by atoms with Crippen LogP contribution in [0.2, 0.25) is 0 Å². The van der Waals surface area contributed by atoms with Crippen LogP contribution in [0.4, 0.5) is 0 Å². The third-order valence-corrected chi connectivity index (χ3v) is 3.65. The summed E-state index contributed by atoms with van der Waals surface area (Å²) >= 11 is 3.42. The molecule has 18 heavy (non-hydrogen) atoms. The van der Waals surface area contributed by atoms with Crippen LogP contribution in [0.25, 0.3) is 10.9 Å². The van der Waals surface area contributed by atoms with Crippen LogP contribution in [0.1, 0.15) is 19.4 Å². The Kier molecular flexibility index (Phi) is 3.39. The highest BCUT2D eigenvalue weighted by molar-refractivity contribution is 9.10. The fourth-order valence-corrected chi connectivity index (χ4v) is 2.26. The van der Waals surface area contributed by atoms with E-state index in [0.717, 1.165) is 21.1 Å². The van der Waals surface area contributed by atoms with Crippen LogP contribution in [-0.2, 0) is 11.2 Å². The summed E-state index contributed by atoms with van der Waals surface area (Å²) in [6, 6.07) is 9.79. The number of carboxylic acid groups (broad SMARTS) is 1. The SMILES string of the molecule is CC(C)(Cc1cc2ccccc2nc1Br)C(=O)O. The van der Waals surface area contributed by atoms with Gasteiger partial charge < -0.3 is 5.11 Å². The predicted molar refractivity (Wildman–Crippen MR) is 74.6 cm³/mol. The molecule has 0 atom stereocenters. The largest absolute Gasteiger partial charge is 0.481 e. The van der Waals surface area contributed by atoms with Gasteiger partial charge in [0.2, 0.25) is 0 Å². The third kappa shape index (κ3) is 2.53. The van der Waals surface area contributed by atoms with E-state index in [1.165, 1.54) is 0 Å². The van der Waals surface area contributed by atoms with Crippen LogP contribution in [0.15, 0.2) is 34.9 Å². The molecule has 0 radical (unpaired) electrons. The Balaban J connectivity index is 2.45. The minimum atomic E-state index is -0.803. The Morgan fingerprint density at radius 3 is 2.72 bits per heavy atom. The van der Waals surface area contributed by atoms with Gasteiger partial charge in [-0.05, 0) is 53.9 Å². The zero-order chi connectivity index (χ0) is 13.3. The number of hydrogen-bond donors (Lipinski definition) is 1. The minimum absolute atomic E-state index is 0.445. The van der Waals surface area contributed by atoms with Crippen molar-refractivity contribution >= 4 is 32.8 Å². The van der Waals surface area contributed by atoms with Crippen LogP contribution in [0.3, 0.4) is 0 Å². The lowest BCUT2D eigenvalue weighted by Crippen LogP contribution is -2.26. The van der Waals surface area contributed by atoms with E-state index in [0.29, 0.717) is 6.42 Å². The highest BCUT2D eigenvalue weighted by atomic mass is 79.9. The average molecular weight is 308 g/mol. The number of benzene rings is 1. The lowest BCUT2D eigenvalue weighted by molar-refractivity contribution is -0.146. The zero-order valence-electron chi connectivity index (χ0n) is 10.3. The minimum Gasteiger partial charge on any atom is -0.481 e. The van der Waals surface area contributed by atoms with E-state index in [2.05, 4.69) is 20.9 Å². The van der Waals surface area contributed by atoms with Crippen molar-refractivity contribution in [2.45, 2.75) is 20.3 Å². The Bertz CT molecular complexity index is 608. The van der Waals surface area contributed by atoms with Crippen molar-refractivity contribution in [1.29, 1.82) is 0 Å². The van der Waals surface area contributed by atoms with E-state index >= 15 is 0 Å². The van der Waals surface area contributed by atoms with Crippen molar-refractivity contribution < 1.29 is 9.90 Å². The zero-order valence-corrected chi connectivity index (χ0v) is 11.9. The van der Waals surface area contributed by atoms with Gasteiger partial charge >= 0.3 is 5.97 Å². The van der Waals surface area contributed by atoms with Gasteiger partial charge in [0, 0.05) is 5.39 Å². The molecule has 2 rings (SSSR count). The smallest absolute Gasteiger partial charge is 0.309 e. The average Bonchev–Trinajstić information content (AvgIpc) is 2.29. The lowest BCUT2D eigenvalue weighted by Gasteiger charge is -2.19. The number of halogens is 1. The summed E-state index contributed by atoms with van der Waals surface area (Å²) in [5.74, 6) is -0.803. The normalized spacial score (nSPS) is 11.7. The molecular formula is C14H14BrNO2. The number of aliphatic carboxylic acids is 1. The first-order valence-electron chi connectivity index (χ1n) is 5.68. The van der Waals surface area contributed by atoms with Gasteiger partial charge in [-0.15, -0.1) is 0 Å². The van der Waals surface area contributed by atoms with Gasteiger partial charge in [-0.3, -0.25) is 4.79 Å². The molecule has 0 aliphatic heterocycles. The molecule has 0 aliphatic carbocycles. The lowest BCUT2D eigenvalue weighted by atomic mass is 9.86. The van der Waals surface area contributed by atoms with Crippen molar-refractivity contribution in [1.82, 2.24) is 4.98 Å².